The van der Waals surface area contributed by atoms with Crippen LogP contribution in [0.1, 0.15) is 0 Å². The Kier molecular flexibility index (Phi) is 4.42. The van der Waals surface area contributed by atoms with E-state index in [1.54, 1.807) is 0 Å². The number of rotatable bonds is 2. The van der Waals surface area contributed by atoms with Gasteiger partial charge in [-0.25, -0.2) is 0 Å². The van der Waals surface area contributed by atoms with Crippen LogP contribution < -0.4 is 0 Å². The summed E-state index contributed by atoms with van der Waals surface area (Å²) < 4.78 is 0. The maximum Gasteiger partial charge on any atom is -0.00134 e. The van der Waals surface area contributed by atoms with Crippen LogP contribution in [0.3, 0.4) is 0 Å². The summed E-state index contributed by atoms with van der Waals surface area (Å²) in [6.45, 7) is 0. The molecule has 0 unspecified atom stereocenters. The highest BCUT2D eigenvalue weighted by Gasteiger charge is 2.20. The van der Waals surface area contributed by atoms with Gasteiger partial charge in [0.1, 0.15) is 0 Å². The van der Waals surface area contributed by atoms with Crippen LogP contribution in [0.15, 0.2) is 146 Å². The van der Waals surface area contributed by atoms with Gasteiger partial charge >= 0.3 is 0 Å². The van der Waals surface area contributed by atoms with Crippen LogP contribution in [0.25, 0.3) is 86.9 Å². The Morgan fingerprint density at radius 1 is 0.250 bits per heavy atom. The molecule has 0 heterocycles. The quantitative estimate of drug-likeness (QED) is 0.162. The van der Waals surface area contributed by atoms with E-state index < -0.39 is 0 Å². The fourth-order valence-electron chi connectivity index (χ4n) is 7.10. The molecule has 0 heteroatoms. The minimum absolute atomic E-state index is 1.24. The average Bonchev–Trinajstić information content (AvgIpc) is 3.02. The smallest absolute Gasteiger partial charge is 0.00134 e. The molecule has 0 aliphatic rings. The largest absolute Gasteiger partial charge is 0.0622 e. The predicted octanol–water partition coefficient (Wildman–Crippen LogP) is 11.4. The van der Waals surface area contributed by atoms with Crippen LogP contribution in [0, 0.1) is 0 Å². The molecule has 0 atom stereocenters. The second kappa shape index (κ2) is 8.15. The molecule has 0 fully saturated rings. The Bertz CT molecular complexity index is 2410. The molecule has 0 saturated heterocycles. The molecular formula is C40H24. The van der Waals surface area contributed by atoms with Crippen molar-refractivity contribution in [1.29, 1.82) is 0 Å². The summed E-state index contributed by atoms with van der Waals surface area (Å²) in [5, 5.41) is 15.9. The zero-order chi connectivity index (χ0) is 26.2. The van der Waals surface area contributed by atoms with Crippen molar-refractivity contribution in [2.45, 2.75) is 0 Å². The van der Waals surface area contributed by atoms with Crippen LogP contribution in [0.5, 0.6) is 0 Å². The minimum atomic E-state index is 1.24. The molecule has 0 bridgehead atoms. The van der Waals surface area contributed by atoms with E-state index >= 15 is 0 Å². The highest BCUT2D eigenvalue weighted by Crippen LogP contribution is 2.48. The Labute approximate surface area is 232 Å². The van der Waals surface area contributed by atoms with Gasteiger partial charge in [0.05, 0.1) is 0 Å². The third kappa shape index (κ3) is 2.91. The fourth-order valence-corrected chi connectivity index (χ4v) is 7.10. The molecule has 0 amide bonds. The van der Waals surface area contributed by atoms with Gasteiger partial charge in [0.2, 0.25) is 0 Å². The van der Waals surface area contributed by atoms with Crippen LogP contribution >= 0.6 is 0 Å². The summed E-state index contributed by atoms with van der Waals surface area (Å²) in [7, 11) is 0. The predicted molar refractivity (Wildman–Crippen MR) is 174 cm³/mol. The molecule has 0 radical (unpaired) electrons. The first kappa shape index (κ1) is 21.7. The van der Waals surface area contributed by atoms with E-state index in [0.717, 1.165) is 0 Å². The Hall–Kier alpha value is -5.20. The molecule has 9 aromatic carbocycles. The van der Waals surface area contributed by atoms with Gasteiger partial charge in [0.25, 0.3) is 0 Å². The topological polar surface area (TPSA) is 0 Å². The summed E-state index contributed by atoms with van der Waals surface area (Å²) in [6, 6.07) is 53.7. The Balaban J connectivity index is 1.55. The van der Waals surface area contributed by atoms with E-state index in [0.29, 0.717) is 0 Å². The summed E-state index contributed by atoms with van der Waals surface area (Å²) in [6.07, 6.45) is 0. The molecule has 0 nitrogen and oxygen atoms in total. The van der Waals surface area contributed by atoms with Crippen molar-refractivity contribution in [2.24, 2.45) is 0 Å². The van der Waals surface area contributed by atoms with E-state index in [1.807, 2.05) is 0 Å². The molecule has 40 heavy (non-hydrogen) atoms. The van der Waals surface area contributed by atoms with Crippen molar-refractivity contribution in [3.8, 4) is 22.3 Å². The lowest BCUT2D eigenvalue weighted by Gasteiger charge is -2.20. The molecule has 0 aliphatic heterocycles. The van der Waals surface area contributed by atoms with Gasteiger partial charge in [-0.1, -0.05) is 133 Å². The molecule has 184 valence electrons. The average molecular weight is 505 g/mol. The third-order valence-electron chi connectivity index (χ3n) is 8.75. The Morgan fingerprint density at radius 3 is 1.60 bits per heavy atom. The summed E-state index contributed by atoms with van der Waals surface area (Å²) in [5.74, 6) is 0. The van der Waals surface area contributed by atoms with Crippen LogP contribution in [-0.4, -0.2) is 0 Å². The maximum absolute atomic E-state index is 2.42. The summed E-state index contributed by atoms with van der Waals surface area (Å²) in [5.41, 5.74) is 5.05. The number of benzene rings is 9. The van der Waals surface area contributed by atoms with Crippen molar-refractivity contribution < 1.29 is 0 Å². The van der Waals surface area contributed by atoms with E-state index in [9.17, 15) is 0 Å². The molecule has 0 aromatic heterocycles. The first-order chi connectivity index (χ1) is 19.9. The van der Waals surface area contributed by atoms with Gasteiger partial charge in [-0.2, -0.15) is 0 Å². The van der Waals surface area contributed by atoms with E-state index in [2.05, 4.69) is 146 Å². The van der Waals surface area contributed by atoms with Gasteiger partial charge in [0.15, 0.2) is 0 Å². The lowest BCUT2D eigenvalue weighted by atomic mass is 9.82. The molecule has 0 spiro atoms. The summed E-state index contributed by atoms with van der Waals surface area (Å²) >= 11 is 0. The van der Waals surface area contributed by atoms with E-state index in [1.165, 1.54) is 86.9 Å². The van der Waals surface area contributed by atoms with Crippen molar-refractivity contribution in [3.05, 3.63) is 146 Å². The van der Waals surface area contributed by atoms with Crippen molar-refractivity contribution in [2.75, 3.05) is 0 Å². The standard InChI is InChI=1S/C40H24/c1-2-11-25(12-3-1)29-16-8-9-19-32(29)33-21-22-35-38-30-17-6-4-13-26(30)23-28-15-10-20-34(37(28)38)39-31-18-7-5-14-27(31)24-36(33)40(35)39/h1-24H. The highest BCUT2D eigenvalue weighted by molar-refractivity contribution is 6.42. The highest BCUT2D eigenvalue weighted by atomic mass is 14.2. The number of hydrogen-bond acceptors (Lipinski definition) is 0. The SMILES string of the molecule is c1ccc(-c2ccccc2-c2ccc3c4c2cc2ccccc2c4c2cccc4cc5ccccc5c3c42)cc1. The molecule has 0 saturated carbocycles. The zero-order valence-corrected chi connectivity index (χ0v) is 21.9. The molecule has 9 rings (SSSR count). The normalized spacial score (nSPS) is 12.0. The summed E-state index contributed by atoms with van der Waals surface area (Å²) in [4.78, 5) is 0. The van der Waals surface area contributed by atoms with E-state index in [-0.39, 0.29) is 0 Å². The minimum Gasteiger partial charge on any atom is -0.0622 e. The van der Waals surface area contributed by atoms with Gasteiger partial charge < -0.3 is 0 Å². The van der Waals surface area contributed by atoms with Crippen molar-refractivity contribution in [3.63, 3.8) is 0 Å². The number of hydrogen-bond donors (Lipinski definition) is 0. The monoisotopic (exact) mass is 504 g/mol. The van der Waals surface area contributed by atoms with Gasteiger partial charge in [-0.3, -0.25) is 0 Å². The molecule has 0 N–H and O–H groups in total. The second-order valence-corrected chi connectivity index (χ2v) is 10.8. The number of fused-ring (bicyclic) bond motifs is 6. The Morgan fingerprint density at radius 2 is 0.800 bits per heavy atom. The molecular weight excluding hydrogens is 480 g/mol. The van der Waals surface area contributed by atoms with Crippen LogP contribution in [0.4, 0.5) is 0 Å². The lowest BCUT2D eigenvalue weighted by Crippen LogP contribution is -1.93. The van der Waals surface area contributed by atoms with Crippen molar-refractivity contribution in [1.82, 2.24) is 0 Å². The van der Waals surface area contributed by atoms with E-state index in [4.69, 9.17) is 0 Å². The maximum atomic E-state index is 2.42. The molecule has 0 aliphatic carbocycles. The van der Waals surface area contributed by atoms with Crippen molar-refractivity contribution >= 4 is 64.6 Å². The van der Waals surface area contributed by atoms with Gasteiger partial charge in [-0.15, -0.1) is 0 Å². The third-order valence-corrected chi connectivity index (χ3v) is 8.75. The van der Waals surface area contributed by atoms with Gasteiger partial charge in [-0.05, 0) is 99.0 Å². The van der Waals surface area contributed by atoms with Gasteiger partial charge in [0, 0.05) is 0 Å². The lowest BCUT2D eigenvalue weighted by molar-refractivity contribution is 1.60. The zero-order valence-electron chi connectivity index (χ0n) is 21.9. The molecule has 9 aromatic rings. The fraction of sp³-hybridized carbons (Fsp3) is 0. The second-order valence-electron chi connectivity index (χ2n) is 10.8. The van der Waals surface area contributed by atoms with Crippen LogP contribution in [0.2, 0.25) is 0 Å². The first-order valence-electron chi connectivity index (χ1n) is 14.0. The first-order valence-corrected chi connectivity index (χ1v) is 14.0. The van der Waals surface area contributed by atoms with Crippen LogP contribution in [-0.2, 0) is 0 Å².